The Kier molecular flexibility index (Phi) is 4.39. The summed E-state index contributed by atoms with van der Waals surface area (Å²) in [5.74, 6) is 1.53. The van der Waals surface area contributed by atoms with Gasteiger partial charge in [0.2, 0.25) is 0 Å². The summed E-state index contributed by atoms with van der Waals surface area (Å²) in [5.41, 5.74) is 0.438. The smallest absolute Gasteiger partial charge is 0.0572 e. The molecule has 0 saturated heterocycles. The van der Waals surface area contributed by atoms with Crippen LogP contribution in [0.3, 0.4) is 0 Å². The van der Waals surface area contributed by atoms with Crippen LogP contribution in [0.25, 0.3) is 0 Å². The third-order valence-electron chi connectivity index (χ3n) is 4.38. The van der Waals surface area contributed by atoms with Crippen LogP contribution in [-0.2, 0) is 0 Å². The predicted molar refractivity (Wildman–Crippen MR) is 65.7 cm³/mol. The van der Waals surface area contributed by atoms with E-state index in [0.717, 1.165) is 18.8 Å². The Morgan fingerprint density at radius 2 is 2.07 bits per heavy atom. The summed E-state index contributed by atoms with van der Waals surface area (Å²) in [5, 5.41) is 9.46. The highest BCUT2D eigenvalue weighted by molar-refractivity contribution is 5.01. The Labute approximate surface area is 94.6 Å². The molecule has 0 radical (unpaired) electrons. The fourth-order valence-electron chi connectivity index (χ4n) is 2.45. The summed E-state index contributed by atoms with van der Waals surface area (Å²) < 4.78 is 0. The molecule has 0 aliphatic heterocycles. The van der Waals surface area contributed by atoms with Crippen molar-refractivity contribution < 1.29 is 5.11 Å². The van der Waals surface area contributed by atoms with Crippen LogP contribution in [0.1, 0.15) is 53.4 Å². The Bertz CT molecular complexity index is 217. The maximum Gasteiger partial charge on any atom is 0.0572 e. The molecule has 1 nitrogen and oxygen atoms in total. The molecule has 1 aliphatic carbocycles. The molecule has 1 aliphatic rings. The molecule has 1 rings (SSSR count). The number of rotatable bonds is 4. The van der Waals surface area contributed by atoms with Gasteiger partial charge in [0, 0.05) is 0 Å². The number of hydrogen-bond donors (Lipinski definition) is 1. The molecule has 3 unspecified atom stereocenters. The van der Waals surface area contributed by atoms with Gasteiger partial charge in [0.1, 0.15) is 0 Å². The largest absolute Gasteiger partial charge is 0.393 e. The molecule has 1 fully saturated rings. The SMILES string of the molecule is CCC(O)CC=CC1CCC(C)C1(C)C. The maximum absolute atomic E-state index is 9.46. The molecule has 1 N–H and O–H groups in total. The van der Waals surface area contributed by atoms with Crippen molar-refractivity contribution >= 4 is 0 Å². The molecule has 88 valence electrons. The maximum atomic E-state index is 9.46. The first-order valence-corrected chi connectivity index (χ1v) is 6.33. The normalized spacial score (nSPS) is 32.3. The number of aliphatic hydroxyl groups is 1. The van der Waals surface area contributed by atoms with Gasteiger partial charge in [0.05, 0.1) is 6.10 Å². The van der Waals surface area contributed by atoms with Crippen molar-refractivity contribution in [2.24, 2.45) is 17.3 Å². The topological polar surface area (TPSA) is 20.2 Å². The lowest BCUT2D eigenvalue weighted by molar-refractivity contribution is 0.173. The van der Waals surface area contributed by atoms with Crippen molar-refractivity contribution in [2.45, 2.75) is 59.5 Å². The molecule has 1 heteroatoms. The van der Waals surface area contributed by atoms with E-state index in [0.29, 0.717) is 11.3 Å². The molecule has 3 atom stereocenters. The van der Waals surface area contributed by atoms with E-state index in [4.69, 9.17) is 0 Å². The summed E-state index contributed by atoms with van der Waals surface area (Å²) in [4.78, 5) is 0. The Hall–Kier alpha value is -0.300. The van der Waals surface area contributed by atoms with Crippen molar-refractivity contribution in [3.8, 4) is 0 Å². The van der Waals surface area contributed by atoms with E-state index in [1.54, 1.807) is 0 Å². The van der Waals surface area contributed by atoms with Crippen molar-refractivity contribution in [3.05, 3.63) is 12.2 Å². The number of aliphatic hydroxyl groups excluding tert-OH is 1. The zero-order chi connectivity index (χ0) is 11.5. The average Bonchev–Trinajstić information content (AvgIpc) is 2.44. The van der Waals surface area contributed by atoms with Crippen LogP contribution in [0.4, 0.5) is 0 Å². The summed E-state index contributed by atoms with van der Waals surface area (Å²) in [7, 11) is 0. The summed E-state index contributed by atoms with van der Waals surface area (Å²) in [6.07, 6.45) is 8.70. The molecule has 0 aromatic carbocycles. The lowest BCUT2D eigenvalue weighted by Gasteiger charge is -2.29. The number of hydrogen-bond acceptors (Lipinski definition) is 1. The Morgan fingerprint density at radius 3 is 2.53 bits per heavy atom. The molecular weight excluding hydrogens is 184 g/mol. The minimum Gasteiger partial charge on any atom is -0.393 e. The molecule has 1 saturated carbocycles. The van der Waals surface area contributed by atoms with Crippen molar-refractivity contribution in [2.75, 3.05) is 0 Å². The molecule has 0 spiro atoms. The third-order valence-corrected chi connectivity index (χ3v) is 4.38. The third kappa shape index (κ3) is 3.07. The second kappa shape index (κ2) is 5.16. The fourth-order valence-corrected chi connectivity index (χ4v) is 2.45. The fraction of sp³-hybridized carbons (Fsp3) is 0.857. The highest BCUT2D eigenvalue weighted by atomic mass is 16.3. The molecular formula is C14H26O. The van der Waals surface area contributed by atoms with Crippen LogP contribution < -0.4 is 0 Å². The van der Waals surface area contributed by atoms with Gasteiger partial charge in [-0.25, -0.2) is 0 Å². The molecule has 0 aromatic heterocycles. The van der Waals surface area contributed by atoms with E-state index in [1.165, 1.54) is 12.8 Å². The van der Waals surface area contributed by atoms with Gasteiger partial charge in [-0.2, -0.15) is 0 Å². The monoisotopic (exact) mass is 210 g/mol. The van der Waals surface area contributed by atoms with E-state index in [1.807, 2.05) is 6.92 Å². The van der Waals surface area contributed by atoms with E-state index < -0.39 is 0 Å². The van der Waals surface area contributed by atoms with Crippen LogP contribution in [0.15, 0.2) is 12.2 Å². The lowest BCUT2D eigenvalue weighted by atomic mass is 9.76. The van der Waals surface area contributed by atoms with Crippen molar-refractivity contribution in [1.82, 2.24) is 0 Å². The van der Waals surface area contributed by atoms with Crippen LogP contribution in [0.5, 0.6) is 0 Å². The van der Waals surface area contributed by atoms with Gasteiger partial charge < -0.3 is 5.11 Å². The average molecular weight is 210 g/mol. The van der Waals surface area contributed by atoms with Crippen molar-refractivity contribution in [1.29, 1.82) is 0 Å². The molecule has 0 aromatic rings. The van der Waals surface area contributed by atoms with Crippen LogP contribution in [0.2, 0.25) is 0 Å². The first kappa shape index (κ1) is 12.8. The van der Waals surface area contributed by atoms with E-state index in [9.17, 15) is 5.11 Å². The van der Waals surface area contributed by atoms with E-state index in [2.05, 4.69) is 32.9 Å². The minimum atomic E-state index is -0.150. The minimum absolute atomic E-state index is 0.150. The van der Waals surface area contributed by atoms with Gasteiger partial charge in [-0.3, -0.25) is 0 Å². The zero-order valence-corrected chi connectivity index (χ0v) is 10.7. The van der Waals surface area contributed by atoms with Gasteiger partial charge in [-0.1, -0.05) is 39.8 Å². The summed E-state index contributed by atoms with van der Waals surface area (Å²) in [6, 6.07) is 0. The van der Waals surface area contributed by atoms with Crippen LogP contribution in [-0.4, -0.2) is 11.2 Å². The summed E-state index contributed by atoms with van der Waals surface area (Å²) >= 11 is 0. The molecule has 15 heavy (non-hydrogen) atoms. The van der Waals surface area contributed by atoms with Crippen molar-refractivity contribution in [3.63, 3.8) is 0 Å². The van der Waals surface area contributed by atoms with Gasteiger partial charge in [-0.15, -0.1) is 0 Å². The summed E-state index contributed by atoms with van der Waals surface area (Å²) in [6.45, 7) is 9.13. The van der Waals surface area contributed by atoms with E-state index >= 15 is 0 Å². The standard InChI is InChI=1S/C14H26O/c1-5-13(15)8-6-7-12-10-9-11(2)14(12,3)4/h6-7,11-13,15H,5,8-10H2,1-4H3. The second-order valence-corrected chi connectivity index (χ2v) is 5.63. The highest BCUT2D eigenvalue weighted by Crippen LogP contribution is 2.47. The second-order valence-electron chi connectivity index (χ2n) is 5.63. The molecule has 0 amide bonds. The van der Waals surface area contributed by atoms with Gasteiger partial charge >= 0.3 is 0 Å². The Balaban J connectivity index is 2.45. The predicted octanol–water partition coefficient (Wildman–Crippen LogP) is 3.78. The van der Waals surface area contributed by atoms with Gasteiger partial charge in [-0.05, 0) is 42.9 Å². The quantitative estimate of drug-likeness (QED) is 0.700. The highest BCUT2D eigenvalue weighted by Gasteiger charge is 2.38. The number of allylic oxidation sites excluding steroid dienone is 1. The lowest BCUT2D eigenvalue weighted by Crippen LogP contribution is -2.21. The first-order valence-electron chi connectivity index (χ1n) is 6.33. The molecule has 0 bridgehead atoms. The van der Waals surface area contributed by atoms with Crippen LogP contribution >= 0.6 is 0 Å². The zero-order valence-electron chi connectivity index (χ0n) is 10.7. The first-order chi connectivity index (χ1) is 6.98. The Morgan fingerprint density at radius 1 is 1.40 bits per heavy atom. The van der Waals surface area contributed by atoms with E-state index in [-0.39, 0.29) is 6.10 Å². The molecule has 0 heterocycles. The van der Waals surface area contributed by atoms with Gasteiger partial charge in [0.25, 0.3) is 0 Å². The van der Waals surface area contributed by atoms with Gasteiger partial charge in [0.15, 0.2) is 0 Å². The van der Waals surface area contributed by atoms with Crippen LogP contribution in [0, 0.1) is 17.3 Å².